The summed E-state index contributed by atoms with van der Waals surface area (Å²) in [5, 5.41) is 10.7. The van der Waals surface area contributed by atoms with Crippen molar-refractivity contribution in [2.75, 3.05) is 6.54 Å². The number of urea groups is 1. The molecular weight excluding hydrogens is 344 g/mol. The molecule has 4 aliphatic carbocycles. The van der Waals surface area contributed by atoms with E-state index in [-0.39, 0.29) is 17.5 Å². The summed E-state index contributed by atoms with van der Waals surface area (Å²) in [5.41, 5.74) is 1.25. The summed E-state index contributed by atoms with van der Waals surface area (Å²) in [6.45, 7) is 0.558. The van der Waals surface area contributed by atoms with Crippen LogP contribution in [-0.4, -0.2) is 18.1 Å². The Balaban J connectivity index is 1.24. The van der Waals surface area contributed by atoms with Crippen LogP contribution in [0.4, 0.5) is 4.79 Å². The van der Waals surface area contributed by atoms with Crippen molar-refractivity contribution in [1.82, 2.24) is 10.6 Å². The topological polar surface area (TPSA) is 54.3 Å². The predicted molar refractivity (Wildman–Crippen MR) is 102 cm³/mol. The van der Waals surface area contributed by atoms with Crippen molar-refractivity contribution in [1.29, 1.82) is 0 Å². The largest absolute Gasteiger partial charge is 0.469 e. The molecule has 1 atom stereocenters. The average Bonchev–Trinajstić information content (AvgIpc) is 3.27. The molecule has 1 unspecified atom stereocenters. The van der Waals surface area contributed by atoms with Crippen LogP contribution in [0.3, 0.4) is 0 Å². The number of amides is 2. The third-order valence-electron chi connectivity index (χ3n) is 6.72. The van der Waals surface area contributed by atoms with Crippen molar-refractivity contribution < 1.29 is 9.21 Å². The molecule has 4 fully saturated rings. The van der Waals surface area contributed by atoms with E-state index in [9.17, 15) is 4.79 Å². The van der Waals surface area contributed by atoms with Crippen LogP contribution in [-0.2, 0) is 0 Å². The fraction of sp³-hybridized carbons (Fsp3) is 0.571. The Bertz CT molecular complexity index is 684. The molecule has 0 spiro atoms. The monoisotopic (exact) mass is 370 g/mol. The zero-order valence-electron chi connectivity index (χ0n) is 14.9. The van der Waals surface area contributed by atoms with E-state index in [0.717, 1.165) is 23.5 Å². The van der Waals surface area contributed by atoms with Gasteiger partial charge in [-0.15, -0.1) is 0 Å². The molecule has 26 heavy (non-hydrogen) atoms. The van der Waals surface area contributed by atoms with Gasteiger partial charge in [0.05, 0.1) is 12.2 Å². The lowest BCUT2D eigenvalue weighted by atomic mass is 9.53. The van der Waals surface area contributed by atoms with Gasteiger partial charge in [-0.2, -0.15) is 11.3 Å². The third kappa shape index (κ3) is 3.07. The summed E-state index contributed by atoms with van der Waals surface area (Å²) in [7, 11) is 0. The Morgan fingerprint density at radius 3 is 2.50 bits per heavy atom. The number of thiophene rings is 1. The summed E-state index contributed by atoms with van der Waals surface area (Å²) in [6.07, 6.45) is 9.41. The van der Waals surface area contributed by atoms with Crippen LogP contribution in [0.25, 0.3) is 0 Å². The van der Waals surface area contributed by atoms with Gasteiger partial charge in [-0.3, -0.25) is 0 Å². The van der Waals surface area contributed by atoms with Crippen LogP contribution in [0.5, 0.6) is 0 Å². The summed E-state index contributed by atoms with van der Waals surface area (Å²) in [5.74, 6) is 3.48. The van der Waals surface area contributed by atoms with Crippen LogP contribution in [0.2, 0.25) is 0 Å². The summed E-state index contributed by atoms with van der Waals surface area (Å²) in [6, 6.07) is 5.99. The van der Waals surface area contributed by atoms with Crippen molar-refractivity contribution >= 4 is 17.4 Å². The number of carbonyl (C=O) groups excluding carboxylic acids is 1. The highest BCUT2D eigenvalue weighted by Crippen LogP contribution is 2.55. The quantitative estimate of drug-likeness (QED) is 0.799. The molecule has 5 heteroatoms. The molecule has 4 aliphatic rings. The zero-order chi connectivity index (χ0) is 17.6. The van der Waals surface area contributed by atoms with Gasteiger partial charge in [0.25, 0.3) is 0 Å². The maximum absolute atomic E-state index is 12.7. The SMILES string of the molecule is O=C(NCC(c1ccsc1)c1ccco1)NC12CC3CC(CC(C3)C1)C2. The molecule has 4 bridgehead atoms. The highest BCUT2D eigenvalue weighted by atomic mass is 32.1. The van der Waals surface area contributed by atoms with Gasteiger partial charge >= 0.3 is 6.03 Å². The summed E-state index contributed by atoms with van der Waals surface area (Å²) >= 11 is 1.67. The minimum Gasteiger partial charge on any atom is -0.469 e. The van der Waals surface area contributed by atoms with Crippen LogP contribution < -0.4 is 10.6 Å². The fourth-order valence-corrected chi connectivity index (χ4v) is 6.80. The first kappa shape index (κ1) is 16.4. The highest BCUT2D eigenvalue weighted by Gasteiger charge is 2.51. The molecule has 2 aromatic heterocycles. The zero-order valence-corrected chi connectivity index (χ0v) is 15.8. The number of hydrogen-bond donors (Lipinski definition) is 2. The molecule has 2 amide bonds. The van der Waals surface area contributed by atoms with Crippen LogP contribution in [0.1, 0.15) is 55.8 Å². The van der Waals surface area contributed by atoms with Gasteiger partial charge in [0.1, 0.15) is 5.76 Å². The molecule has 6 rings (SSSR count). The van der Waals surface area contributed by atoms with E-state index in [4.69, 9.17) is 4.42 Å². The first-order valence-corrected chi connectivity index (χ1v) is 10.7. The second-order valence-corrected chi connectivity index (χ2v) is 9.44. The van der Waals surface area contributed by atoms with E-state index in [1.165, 1.54) is 44.1 Å². The molecule has 2 aromatic rings. The highest BCUT2D eigenvalue weighted by molar-refractivity contribution is 7.08. The van der Waals surface area contributed by atoms with Crippen LogP contribution >= 0.6 is 11.3 Å². The van der Waals surface area contributed by atoms with E-state index < -0.39 is 0 Å². The van der Waals surface area contributed by atoms with Gasteiger partial charge in [-0.05, 0) is 90.8 Å². The summed E-state index contributed by atoms with van der Waals surface area (Å²) < 4.78 is 5.62. The fourth-order valence-electron chi connectivity index (χ4n) is 6.09. The normalized spacial score (nSPS) is 33.2. The Morgan fingerprint density at radius 2 is 1.92 bits per heavy atom. The molecule has 0 aromatic carbocycles. The first-order valence-electron chi connectivity index (χ1n) is 9.81. The lowest BCUT2D eigenvalue weighted by molar-refractivity contribution is -0.0135. The number of furan rings is 1. The van der Waals surface area contributed by atoms with E-state index in [1.807, 2.05) is 12.1 Å². The third-order valence-corrected chi connectivity index (χ3v) is 7.42. The Labute approximate surface area is 158 Å². The van der Waals surface area contributed by atoms with Crippen molar-refractivity contribution in [3.63, 3.8) is 0 Å². The summed E-state index contributed by atoms with van der Waals surface area (Å²) in [4.78, 5) is 12.7. The number of carbonyl (C=O) groups is 1. The van der Waals surface area contributed by atoms with Gasteiger partial charge in [0.15, 0.2) is 0 Å². The van der Waals surface area contributed by atoms with Crippen LogP contribution in [0, 0.1) is 17.8 Å². The molecule has 138 valence electrons. The molecule has 0 radical (unpaired) electrons. The molecule has 4 saturated carbocycles. The lowest BCUT2D eigenvalue weighted by Gasteiger charge is -2.56. The minimum atomic E-state index is -0.0151. The van der Waals surface area contributed by atoms with E-state index in [1.54, 1.807) is 17.6 Å². The smallest absolute Gasteiger partial charge is 0.315 e. The van der Waals surface area contributed by atoms with E-state index >= 15 is 0 Å². The second kappa shape index (κ2) is 6.45. The van der Waals surface area contributed by atoms with Gasteiger partial charge in [0.2, 0.25) is 0 Å². The van der Waals surface area contributed by atoms with Crippen molar-refractivity contribution in [2.45, 2.75) is 50.0 Å². The first-order chi connectivity index (χ1) is 12.7. The Hall–Kier alpha value is -1.75. The maximum Gasteiger partial charge on any atom is 0.315 e. The molecule has 2 heterocycles. The van der Waals surface area contributed by atoms with Gasteiger partial charge in [-0.25, -0.2) is 4.79 Å². The average molecular weight is 371 g/mol. The van der Waals surface area contributed by atoms with Crippen molar-refractivity contribution in [3.8, 4) is 0 Å². The molecular formula is C21H26N2O2S. The minimum absolute atomic E-state index is 0.0151. The van der Waals surface area contributed by atoms with Crippen LogP contribution in [0.15, 0.2) is 39.6 Å². The predicted octanol–water partition coefficient (Wildman–Crippen LogP) is 4.74. The number of hydrogen-bond acceptors (Lipinski definition) is 3. The molecule has 0 aliphatic heterocycles. The van der Waals surface area contributed by atoms with Gasteiger partial charge in [0, 0.05) is 12.1 Å². The maximum atomic E-state index is 12.7. The Morgan fingerprint density at radius 1 is 1.19 bits per heavy atom. The molecule has 0 saturated heterocycles. The standard InChI is InChI=1S/C21H26N2O2S/c24-20(23-21-9-14-6-15(10-21)8-16(7-14)11-21)22-12-18(17-3-5-26-13-17)19-2-1-4-25-19/h1-5,13-16,18H,6-12H2,(H2,22,23,24). The second-order valence-electron chi connectivity index (χ2n) is 8.66. The van der Waals surface area contributed by atoms with Gasteiger partial charge in [-0.1, -0.05) is 0 Å². The van der Waals surface area contributed by atoms with Gasteiger partial charge < -0.3 is 15.1 Å². The molecule has 4 nitrogen and oxygen atoms in total. The molecule has 2 N–H and O–H groups in total. The number of nitrogens with one attached hydrogen (secondary N) is 2. The van der Waals surface area contributed by atoms with Crippen molar-refractivity contribution in [2.24, 2.45) is 17.8 Å². The number of rotatable bonds is 5. The lowest BCUT2D eigenvalue weighted by Crippen LogP contribution is -2.61. The van der Waals surface area contributed by atoms with E-state index in [2.05, 4.69) is 27.5 Å². The van der Waals surface area contributed by atoms with E-state index in [0.29, 0.717) is 6.54 Å². The Kier molecular flexibility index (Phi) is 4.07. The van der Waals surface area contributed by atoms with Crippen molar-refractivity contribution in [3.05, 3.63) is 46.5 Å².